The Morgan fingerprint density at radius 2 is 2.12 bits per heavy atom. The van der Waals surface area contributed by atoms with Gasteiger partial charge >= 0.3 is 0 Å². The molecule has 3 heteroatoms. The largest absolute Gasteiger partial charge is 0.207 e. The van der Waals surface area contributed by atoms with Crippen LogP contribution >= 0.6 is 23.2 Å². The van der Waals surface area contributed by atoms with E-state index in [1.54, 1.807) is 12.1 Å². The summed E-state index contributed by atoms with van der Waals surface area (Å²) >= 11 is 12.0. The van der Waals surface area contributed by atoms with Crippen molar-refractivity contribution in [1.29, 1.82) is 0 Å². The molecule has 0 bridgehead atoms. The minimum atomic E-state index is -0.152. The second-order valence-electron chi connectivity index (χ2n) is 4.57. The van der Waals surface area contributed by atoms with Gasteiger partial charge < -0.3 is 0 Å². The van der Waals surface area contributed by atoms with Crippen molar-refractivity contribution in [3.63, 3.8) is 0 Å². The molecule has 1 aliphatic rings. The Kier molecular flexibility index (Phi) is 4.10. The van der Waals surface area contributed by atoms with Crippen molar-refractivity contribution in [1.82, 2.24) is 0 Å². The standard InChI is InChI=1S/C13H15Cl2F/c14-11-3-1-2-9(7-11)6-10-8-12(15)4-5-13(10)16/h4-5,8-9,11H,1-3,6-7H2. The van der Waals surface area contributed by atoms with E-state index in [0.717, 1.165) is 37.7 Å². The summed E-state index contributed by atoms with van der Waals surface area (Å²) in [5.74, 6) is 0.352. The van der Waals surface area contributed by atoms with Crippen LogP contribution in [0.3, 0.4) is 0 Å². The molecule has 0 spiro atoms. The molecule has 1 aliphatic carbocycles. The first kappa shape index (κ1) is 12.2. The van der Waals surface area contributed by atoms with Crippen molar-refractivity contribution in [3.8, 4) is 0 Å². The molecule has 1 fully saturated rings. The third-order valence-electron chi connectivity index (χ3n) is 3.24. The fourth-order valence-corrected chi connectivity index (χ4v) is 3.02. The fourth-order valence-electron chi connectivity index (χ4n) is 2.42. The predicted octanol–water partition coefficient (Wildman–Crippen LogP) is 4.82. The average molecular weight is 261 g/mol. The van der Waals surface area contributed by atoms with Crippen LogP contribution in [-0.2, 0) is 6.42 Å². The summed E-state index contributed by atoms with van der Waals surface area (Å²) in [7, 11) is 0. The summed E-state index contributed by atoms with van der Waals surface area (Å²) < 4.78 is 13.5. The highest BCUT2D eigenvalue weighted by Gasteiger charge is 2.21. The first-order valence-electron chi connectivity index (χ1n) is 5.73. The zero-order chi connectivity index (χ0) is 11.5. The van der Waals surface area contributed by atoms with Gasteiger partial charge in [0.25, 0.3) is 0 Å². The molecule has 0 aromatic heterocycles. The van der Waals surface area contributed by atoms with Gasteiger partial charge in [-0.3, -0.25) is 0 Å². The van der Waals surface area contributed by atoms with Crippen LogP contribution in [0.2, 0.25) is 5.02 Å². The van der Waals surface area contributed by atoms with E-state index in [4.69, 9.17) is 23.2 Å². The first-order chi connectivity index (χ1) is 7.65. The fraction of sp³-hybridized carbons (Fsp3) is 0.538. The van der Waals surface area contributed by atoms with Crippen LogP contribution in [0.5, 0.6) is 0 Å². The van der Waals surface area contributed by atoms with Crippen molar-refractivity contribution in [2.45, 2.75) is 37.5 Å². The average Bonchev–Trinajstić information content (AvgIpc) is 2.24. The van der Waals surface area contributed by atoms with Crippen molar-refractivity contribution in [2.75, 3.05) is 0 Å². The summed E-state index contributed by atoms with van der Waals surface area (Å²) in [4.78, 5) is 0. The van der Waals surface area contributed by atoms with Gasteiger partial charge in [0, 0.05) is 10.4 Å². The molecule has 88 valence electrons. The number of halogens is 3. The van der Waals surface area contributed by atoms with Gasteiger partial charge in [0.15, 0.2) is 0 Å². The van der Waals surface area contributed by atoms with Gasteiger partial charge in [0.2, 0.25) is 0 Å². The minimum Gasteiger partial charge on any atom is -0.207 e. The molecule has 0 N–H and O–H groups in total. The summed E-state index contributed by atoms with van der Waals surface area (Å²) in [5, 5.41) is 0.871. The topological polar surface area (TPSA) is 0 Å². The minimum absolute atomic E-state index is 0.152. The third-order valence-corrected chi connectivity index (χ3v) is 3.87. The summed E-state index contributed by atoms with van der Waals surface area (Å²) in [6, 6.07) is 4.76. The molecule has 1 saturated carbocycles. The zero-order valence-corrected chi connectivity index (χ0v) is 10.6. The van der Waals surface area contributed by atoms with Gasteiger partial charge in [-0.05, 0) is 48.9 Å². The van der Waals surface area contributed by atoms with Gasteiger partial charge in [-0.1, -0.05) is 24.4 Å². The summed E-state index contributed by atoms with van der Waals surface area (Å²) in [6.07, 6.45) is 5.15. The van der Waals surface area contributed by atoms with E-state index in [-0.39, 0.29) is 11.2 Å². The normalized spacial score (nSPS) is 25.7. The molecule has 1 aromatic rings. The van der Waals surface area contributed by atoms with E-state index in [1.165, 1.54) is 6.07 Å². The molecule has 0 radical (unpaired) electrons. The van der Waals surface area contributed by atoms with E-state index in [2.05, 4.69) is 0 Å². The van der Waals surface area contributed by atoms with Gasteiger partial charge in [0.05, 0.1) is 0 Å². The van der Waals surface area contributed by atoms with Crippen LogP contribution in [0.4, 0.5) is 4.39 Å². The van der Waals surface area contributed by atoms with Crippen LogP contribution in [0.25, 0.3) is 0 Å². The van der Waals surface area contributed by atoms with Crippen LogP contribution in [0.1, 0.15) is 31.2 Å². The van der Waals surface area contributed by atoms with E-state index in [1.807, 2.05) is 0 Å². The number of hydrogen-bond acceptors (Lipinski definition) is 0. The Hall–Kier alpha value is -0.270. The summed E-state index contributed by atoms with van der Waals surface area (Å²) in [5.41, 5.74) is 0.725. The first-order valence-corrected chi connectivity index (χ1v) is 6.54. The molecule has 16 heavy (non-hydrogen) atoms. The van der Waals surface area contributed by atoms with Crippen LogP contribution < -0.4 is 0 Å². The molecular weight excluding hydrogens is 246 g/mol. The predicted molar refractivity (Wildman–Crippen MR) is 66.7 cm³/mol. The maximum Gasteiger partial charge on any atom is 0.126 e. The van der Waals surface area contributed by atoms with Gasteiger partial charge in [0.1, 0.15) is 5.82 Å². The molecule has 0 nitrogen and oxygen atoms in total. The van der Waals surface area contributed by atoms with Crippen LogP contribution in [0.15, 0.2) is 18.2 Å². The monoisotopic (exact) mass is 260 g/mol. The number of rotatable bonds is 2. The summed E-state index contributed by atoms with van der Waals surface area (Å²) in [6.45, 7) is 0. The van der Waals surface area contributed by atoms with Crippen molar-refractivity contribution < 1.29 is 4.39 Å². The second kappa shape index (κ2) is 5.37. The van der Waals surface area contributed by atoms with E-state index in [9.17, 15) is 4.39 Å². The lowest BCUT2D eigenvalue weighted by Crippen LogP contribution is -2.17. The lowest BCUT2D eigenvalue weighted by atomic mass is 9.84. The van der Waals surface area contributed by atoms with Crippen LogP contribution in [-0.4, -0.2) is 5.38 Å². The highest BCUT2D eigenvalue weighted by molar-refractivity contribution is 6.30. The molecule has 2 atom stereocenters. The smallest absolute Gasteiger partial charge is 0.126 e. The number of hydrogen-bond donors (Lipinski definition) is 0. The van der Waals surface area contributed by atoms with E-state index >= 15 is 0 Å². The van der Waals surface area contributed by atoms with Gasteiger partial charge in [-0.2, -0.15) is 0 Å². The van der Waals surface area contributed by atoms with Gasteiger partial charge in [-0.15, -0.1) is 11.6 Å². The quantitative estimate of drug-likeness (QED) is 0.669. The maximum atomic E-state index is 13.5. The van der Waals surface area contributed by atoms with Crippen LogP contribution in [0, 0.1) is 11.7 Å². The zero-order valence-electron chi connectivity index (χ0n) is 9.06. The molecule has 0 heterocycles. The Labute approximate surface area is 106 Å². The molecule has 0 amide bonds. The molecule has 0 saturated heterocycles. The van der Waals surface area contributed by atoms with Crippen molar-refractivity contribution >= 4 is 23.2 Å². The molecular formula is C13H15Cl2F. The Balaban J connectivity index is 2.05. The van der Waals surface area contributed by atoms with Crippen molar-refractivity contribution in [2.24, 2.45) is 5.92 Å². The van der Waals surface area contributed by atoms with Crippen molar-refractivity contribution in [3.05, 3.63) is 34.6 Å². The Morgan fingerprint density at radius 3 is 2.88 bits per heavy atom. The highest BCUT2D eigenvalue weighted by Crippen LogP contribution is 2.31. The lowest BCUT2D eigenvalue weighted by molar-refractivity contribution is 0.357. The maximum absolute atomic E-state index is 13.5. The molecule has 0 aliphatic heterocycles. The second-order valence-corrected chi connectivity index (χ2v) is 5.62. The van der Waals surface area contributed by atoms with E-state index < -0.39 is 0 Å². The van der Waals surface area contributed by atoms with Gasteiger partial charge in [-0.25, -0.2) is 4.39 Å². The lowest BCUT2D eigenvalue weighted by Gasteiger charge is -2.25. The SMILES string of the molecule is Fc1ccc(Cl)cc1CC1CCCC(Cl)C1. The molecule has 2 rings (SSSR count). The third kappa shape index (κ3) is 3.11. The molecule has 2 unspecified atom stereocenters. The number of benzene rings is 1. The Bertz CT molecular complexity index is 365. The van der Waals surface area contributed by atoms with E-state index in [0.29, 0.717) is 10.9 Å². The number of alkyl halides is 1. The Morgan fingerprint density at radius 1 is 1.31 bits per heavy atom. The highest BCUT2D eigenvalue weighted by atomic mass is 35.5. The molecule has 1 aromatic carbocycles.